The van der Waals surface area contributed by atoms with Gasteiger partial charge >= 0.3 is 0 Å². The Balaban J connectivity index is 1.40. The maximum Gasteiger partial charge on any atom is 0.253 e. The highest BCUT2D eigenvalue weighted by atomic mass is 16.2. The Labute approximate surface area is 213 Å². The summed E-state index contributed by atoms with van der Waals surface area (Å²) in [6, 6.07) is 19.6. The molecule has 5 heteroatoms. The van der Waals surface area contributed by atoms with E-state index in [1.54, 1.807) is 6.20 Å². The number of pyridine rings is 1. The second-order valence-electron chi connectivity index (χ2n) is 10.2. The maximum absolute atomic E-state index is 13.3. The van der Waals surface area contributed by atoms with Crippen LogP contribution < -0.4 is 0 Å². The molecule has 5 nitrogen and oxygen atoms in total. The van der Waals surface area contributed by atoms with Gasteiger partial charge in [-0.15, -0.1) is 0 Å². The highest BCUT2D eigenvalue weighted by Gasteiger charge is 2.25. The maximum atomic E-state index is 13.3. The molecule has 0 saturated carbocycles. The van der Waals surface area contributed by atoms with Crippen molar-refractivity contribution in [1.29, 1.82) is 5.26 Å². The van der Waals surface area contributed by atoms with E-state index in [9.17, 15) is 9.59 Å². The molecule has 1 aromatic heterocycles. The Hall–Kier alpha value is -3.78. The number of Topliss-reactive ketones (excluding diaryl/α,β-unsaturated/α-hetero) is 1. The number of likely N-dealkylation sites (tertiary alicyclic amines) is 1. The molecule has 2 aromatic carbocycles. The topological polar surface area (TPSA) is 74.1 Å². The van der Waals surface area contributed by atoms with E-state index < -0.39 is 0 Å². The smallest absolute Gasteiger partial charge is 0.253 e. The number of ketones is 1. The first-order chi connectivity index (χ1) is 17.3. The molecule has 0 spiro atoms. The molecule has 4 rings (SSSR count). The fraction of sp³-hybridized carbons (Fsp3) is 0.355. The van der Waals surface area contributed by atoms with Gasteiger partial charge in [0.1, 0.15) is 0 Å². The molecule has 1 aliphatic heterocycles. The first-order valence-electron chi connectivity index (χ1n) is 12.7. The van der Waals surface area contributed by atoms with Crippen LogP contribution in [0.5, 0.6) is 0 Å². The number of piperidine rings is 1. The van der Waals surface area contributed by atoms with Crippen LogP contribution in [0.2, 0.25) is 0 Å². The number of amides is 1. The van der Waals surface area contributed by atoms with Crippen molar-refractivity contribution in [3.05, 3.63) is 99.9 Å². The fourth-order valence-corrected chi connectivity index (χ4v) is 4.80. The molecule has 184 valence electrons. The van der Waals surface area contributed by atoms with Gasteiger partial charge in [-0.3, -0.25) is 14.6 Å². The van der Waals surface area contributed by atoms with E-state index in [2.05, 4.69) is 11.1 Å². The Morgan fingerprint density at radius 3 is 2.33 bits per heavy atom. The lowest BCUT2D eigenvalue weighted by atomic mass is 9.88. The van der Waals surface area contributed by atoms with Gasteiger partial charge in [-0.05, 0) is 84.7 Å². The first kappa shape index (κ1) is 25.3. The number of rotatable bonds is 7. The Morgan fingerprint density at radius 2 is 1.72 bits per heavy atom. The minimum absolute atomic E-state index is 0.0668. The van der Waals surface area contributed by atoms with E-state index in [-0.39, 0.29) is 11.7 Å². The van der Waals surface area contributed by atoms with Gasteiger partial charge in [0, 0.05) is 48.9 Å². The second kappa shape index (κ2) is 11.3. The Morgan fingerprint density at radius 1 is 1.03 bits per heavy atom. The van der Waals surface area contributed by atoms with E-state index >= 15 is 0 Å². The van der Waals surface area contributed by atoms with Crippen molar-refractivity contribution < 1.29 is 9.59 Å². The molecule has 0 radical (unpaired) electrons. The minimum Gasteiger partial charge on any atom is -0.339 e. The normalized spacial score (nSPS) is 14.0. The highest BCUT2D eigenvalue weighted by Crippen LogP contribution is 2.29. The number of carbonyl (C=O) groups excluding carboxylic acids is 2. The van der Waals surface area contributed by atoms with E-state index in [1.807, 2.05) is 80.3 Å². The zero-order valence-corrected chi connectivity index (χ0v) is 21.3. The van der Waals surface area contributed by atoms with Crippen LogP contribution in [-0.2, 0) is 6.42 Å². The third kappa shape index (κ3) is 6.07. The number of nitrogens with zero attached hydrogens (tertiary/aromatic N) is 3. The third-order valence-corrected chi connectivity index (χ3v) is 7.00. The van der Waals surface area contributed by atoms with Crippen molar-refractivity contribution >= 4 is 11.7 Å². The third-order valence-electron chi connectivity index (χ3n) is 7.00. The van der Waals surface area contributed by atoms with Gasteiger partial charge in [0.05, 0.1) is 11.6 Å². The first-order valence-corrected chi connectivity index (χ1v) is 12.7. The number of hydrogen-bond acceptors (Lipinski definition) is 4. The van der Waals surface area contributed by atoms with Gasteiger partial charge in [-0.25, -0.2) is 0 Å². The number of carbonyl (C=O) groups is 2. The molecule has 1 fully saturated rings. The summed E-state index contributed by atoms with van der Waals surface area (Å²) in [7, 11) is 0. The molecule has 1 aliphatic rings. The standard InChI is InChI=1S/C31H33N3O2/c1-21(2)16-30(35)27-10-11-29(33-20-27)18-28-17-26(7-4-22(28)3)31(36)34-14-12-25(13-15-34)24-8-5-23(19-32)6-9-24/h4-11,17,20-21,25H,12-16,18H2,1-3H3. The predicted molar refractivity (Wildman–Crippen MR) is 141 cm³/mol. The zero-order chi connectivity index (χ0) is 25.7. The zero-order valence-electron chi connectivity index (χ0n) is 21.3. The number of benzene rings is 2. The van der Waals surface area contributed by atoms with Crippen molar-refractivity contribution in [3.8, 4) is 6.07 Å². The number of hydrogen-bond donors (Lipinski definition) is 0. The molecule has 36 heavy (non-hydrogen) atoms. The molecule has 0 N–H and O–H groups in total. The Kier molecular flexibility index (Phi) is 7.95. The number of nitriles is 1. The summed E-state index contributed by atoms with van der Waals surface area (Å²) in [6.45, 7) is 7.57. The van der Waals surface area contributed by atoms with Gasteiger partial charge in [0.25, 0.3) is 5.91 Å². The average Bonchev–Trinajstić information content (AvgIpc) is 2.89. The van der Waals surface area contributed by atoms with Crippen LogP contribution >= 0.6 is 0 Å². The quantitative estimate of drug-likeness (QED) is 0.384. The van der Waals surface area contributed by atoms with Crippen molar-refractivity contribution in [3.63, 3.8) is 0 Å². The Bertz CT molecular complexity index is 1260. The molecule has 0 bridgehead atoms. The molecule has 0 aliphatic carbocycles. The van der Waals surface area contributed by atoms with Crippen LogP contribution in [0.1, 0.15) is 87.7 Å². The molecular weight excluding hydrogens is 446 g/mol. The monoisotopic (exact) mass is 479 g/mol. The summed E-state index contributed by atoms with van der Waals surface area (Å²) in [6.07, 6.45) is 4.65. The van der Waals surface area contributed by atoms with Crippen LogP contribution in [0.4, 0.5) is 0 Å². The summed E-state index contributed by atoms with van der Waals surface area (Å²) in [5, 5.41) is 9.01. The van der Waals surface area contributed by atoms with Gasteiger partial charge in [-0.1, -0.05) is 32.0 Å². The van der Waals surface area contributed by atoms with Gasteiger partial charge in [0.15, 0.2) is 5.78 Å². The second-order valence-corrected chi connectivity index (χ2v) is 10.2. The molecule has 0 atom stereocenters. The lowest BCUT2D eigenvalue weighted by Gasteiger charge is -2.32. The van der Waals surface area contributed by atoms with Crippen molar-refractivity contribution in [2.45, 2.75) is 52.4 Å². The molecule has 2 heterocycles. The van der Waals surface area contributed by atoms with Crippen molar-refractivity contribution in [2.75, 3.05) is 13.1 Å². The number of aromatic nitrogens is 1. The summed E-state index contributed by atoms with van der Waals surface area (Å²) >= 11 is 0. The lowest BCUT2D eigenvalue weighted by Crippen LogP contribution is -2.38. The van der Waals surface area contributed by atoms with Crippen LogP contribution in [0, 0.1) is 24.2 Å². The summed E-state index contributed by atoms with van der Waals surface area (Å²) in [5.74, 6) is 0.923. The highest BCUT2D eigenvalue weighted by molar-refractivity contribution is 5.96. The SMILES string of the molecule is Cc1ccc(C(=O)N2CCC(c3ccc(C#N)cc3)CC2)cc1Cc1ccc(C(=O)CC(C)C)cn1. The van der Waals surface area contributed by atoms with Crippen LogP contribution in [-0.4, -0.2) is 34.7 Å². The van der Waals surface area contributed by atoms with Crippen LogP contribution in [0.3, 0.4) is 0 Å². The van der Waals surface area contributed by atoms with Gasteiger partial charge in [-0.2, -0.15) is 5.26 Å². The average molecular weight is 480 g/mol. The molecular formula is C31H33N3O2. The van der Waals surface area contributed by atoms with Crippen LogP contribution in [0.15, 0.2) is 60.8 Å². The van der Waals surface area contributed by atoms with E-state index in [1.165, 1.54) is 5.56 Å². The van der Waals surface area contributed by atoms with Crippen LogP contribution in [0.25, 0.3) is 0 Å². The van der Waals surface area contributed by atoms with E-state index in [0.717, 1.165) is 42.8 Å². The molecule has 0 unspecified atom stereocenters. The van der Waals surface area contributed by atoms with Gasteiger partial charge < -0.3 is 4.90 Å². The minimum atomic E-state index is 0.0668. The van der Waals surface area contributed by atoms with Gasteiger partial charge in [0.2, 0.25) is 0 Å². The number of aryl methyl sites for hydroxylation is 1. The van der Waals surface area contributed by atoms with Crippen molar-refractivity contribution in [1.82, 2.24) is 9.88 Å². The van der Waals surface area contributed by atoms with E-state index in [0.29, 0.717) is 41.4 Å². The molecule has 1 saturated heterocycles. The van der Waals surface area contributed by atoms with E-state index in [4.69, 9.17) is 5.26 Å². The summed E-state index contributed by atoms with van der Waals surface area (Å²) in [5.41, 5.74) is 6.34. The predicted octanol–water partition coefficient (Wildman–Crippen LogP) is 6.10. The fourth-order valence-electron chi connectivity index (χ4n) is 4.80. The summed E-state index contributed by atoms with van der Waals surface area (Å²) in [4.78, 5) is 32.0. The molecule has 3 aromatic rings. The van der Waals surface area contributed by atoms with Crippen molar-refractivity contribution in [2.24, 2.45) is 5.92 Å². The lowest BCUT2D eigenvalue weighted by molar-refractivity contribution is 0.0712. The largest absolute Gasteiger partial charge is 0.339 e. The summed E-state index contributed by atoms with van der Waals surface area (Å²) < 4.78 is 0. The molecule has 1 amide bonds.